The van der Waals surface area contributed by atoms with Crippen LogP contribution in [0.15, 0.2) is 53.4 Å². The Labute approximate surface area is 235 Å². The van der Waals surface area contributed by atoms with Gasteiger partial charge >= 0.3 is 5.97 Å². The number of hydrazone groups is 1. The minimum atomic E-state index is -0.0500. The molecule has 2 rings (SSSR count). The Morgan fingerprint density at radius 1 is 1.23 bits per heavy atom. The van der Waals surface area contributed by atoms with Gasteiger partial charge in [-0.25, -0.2) is 5.84 Å². The number of amidine groups is 1. The van der Waals surface area contributed by atoms with E-state index in [9.17, 15) is 4.79 Å². The van der Waals surface area contributed by atoms with Crippen LogP contribution in [-0.4, -0.2) is 54.5 Å². The van der Waals surface area contributed by atoms with Crippen molar-refractivity contribution in [2.45, 2.75) is 67.2 Å². The molecule has 0 spiro atoms. The third-order valence-electron chi connectivity index (χ3n) is 7.31. The van der Waals surface area contributed by atoms with E-state index in [4.69, 9.17) is 16.4 Å². The summed E-state index contributed by atoms with van der Waals surface area (Å²) in [5, 5.41) is 9.03. The first-order valence-corrected chi connectivity index (χ1v) is 14.2. The summed E-state index contributed by atoms with van der Waals surface area (Å²) in [7, 11) is 0. The molecule has 0 atom stereocenters. The smallest absolute Gasteiger partial charge is 0.309 e. The molecule has 8 heteroatoms. The third kappa shape index (κ3) is 9.55. The molecule has 0 aromatic heterocycles. The van der Waals surface area contributed by atoms with Crippen LogP contribution in [0.2, 0.25) is 0 Å². The maximum atomic E-state index is 12.0. The molecule has 39 heavy (non-hydrogen) atoms. The van der Waals surface area contributed by atoms with Crippen molar-refractivity contribution in [2.75, 3.05) is 32.8 Å². The van der Waals surface area contributed by atoms with Crippen molar-refractivity contribution in [3.63, 3.8) is 0 Å². The van der Waals surface area contributed by atoms with Gasteiger partial charge in [0, 0.05) is 30.0 Å². The lowest BCUT2D eigenvalue weighted by Crippen LogP contribution is -2.38. The van der Waals surface area contributed by atoms with E-state index in [0.29, 0.717) is 30.6 Å². The number of carbonyl (C=O) groups excluding carboxylic acids is 1. The largest absolute Gasteiger partial charge is 0.466 e. The quantitative estimate of drug-likeness (QED) is 0.0846. The van der Waals surface area contributed by atoms with E-state index in [1.54, 1.807) is 5.01 Å². The van der Waals surface area contributed by atoms with Crippen LogP contribution < -0.4 is 17.0 Å². The molecule has 216 valence electrons. The zero-order chi connectivity index (χ0) is 29.1. The molecule has 5 N–H and O–H groups in total. The molecule has 1 heterocycles. The van der Waals surface area contributed by atoms with Gasteiger partial charge in [-0.2, -0.15) is 5.10 Å². The fourth-order valence-electron chi connectivity index (χ4n) is 5.02. The van der Waals surface area contributed by atoms with Crippen molar-refractivity contribution in [1.29, 1.82) is 0 Å². The number of rotatable bonds is 13. The molecule has 8 nitrogen and oxygen atoms in total. The summed E-state index contributed by atoms with van der Waals surface area (Å²) in [5.74, 6) is 13.0. The van der Waals surface area contributed by atoms with Crippen molar-refractivity contribution >= 4 is 11.8 Å². The summed E-state index contributed by atoms with van der Waals surface area (Å²) in [6.07, 6.45) is 5.50. The molecular formula is C31H50N6O2. The highest BCUT2D eigenvalue weighted by Crippen LogP contribution is 2.22. The topological polar surface area (TPSA) is 109 Å². The number of hydrogen-bond acceptors (Lipinski definition) is 7. The van der Waals surface area contributed by atoms with Crippen molar-refractivity contribution in [3.05, 3.63) is 70.6 Å². The highest BCUT2D eigenvalue weighted by atomic mass is 16.5. The van der Waals surface area contributed by atoms with Gasteiger partial charge in [0.2, 0.25) is 0 Å². The van der Waals surface area contributed by atoms with E-state index in [1.165, 1.54) is 16.7 Å². The van der Waals surface area contributed by atoms with E-state index < -0.39 is 0 Å². The Balaban J connectivity index is 2.05. The minimum Gasteiger partial charge on any atom is -0.466 e. The monoisotopic (exact) mass is 538 g/mol. The van der Waals surface area contributed by atoms with E-state index in [0.717, 1.165) is 62.2 Å². The Bertz CT molecular complexity index is 1040. The maximum absolute atomic E-state index is 12.0. The zero-order valence-corrected chi connectivity index (χ0v) is 25.0. The molecule has 1 aromatic rings. The van der Waals surface area contributed by atoms with Crippen molar-refractivity contribution in [2.24, 2.45) is 28.6 Å². The van der Waals surface area contributed by atoms with Crippen LogP contribution in [0.25, 0.3) is 0 Å². The number of hydrazine groups is 1. The summed E-state index contributed by atoms with van der Waals surface area (Å²) < 4.78 is 5.20. The molecular weight excluding hydrogens is 488 g/mol. The number of aryl methyl sites for hydroxylation is 2. The maximum Gasteiger partial charge on any atom is 0.309 e. The van der Waals surface area contributed by atoms with Gasteiger partial charge in [-0.05, 0) is 113 Å². The summed E-state index contributed by atoms with van der Waals surface area (Å²) in [4.78, 5) is 14.5. The summed E-state index contributed by atoms with van der Waals surface area (Å²) >= 11 is 0. The average molecular weight is 539 g/mol. The number of hydrogen-bond donors (Lipinski definition) is 3. The first kappa shape index (κ1) is 32.1. The molecule has 1 aromatic carbocycles. The van der Waals surface area contributed by atoms with Gasteiger partial charge in [-0.3, -0.25) is 4.79 Å². The van der Waals surface area contributed by atoms with Crippen molar-refractivity contribution < 1.29 is 9.53 Å². The lowest BCUT2D eigenvalue weighted by molar-refractivity contribution is -0.149. The summed E-state index contributed by atoms with van der Waals surface area (Å²) in [6, 6.07) is 4.23. The molecule has 1 aliphatic rings. The van der Waals surface area contributed by atoms with E-state index in [-0.39, 0.29) is 11.9 Å². The number of carbonyl (C=O) groups is 1. The molecule has 0 radical (unpaired) electrons. The van der Waals surface area contributed by atoms with Gasteiger partial charge in [-0.1, -0.05) is 27.0 Å². The highest BCUT2D eigenvalue weighted by molar-refractivity contribution is 6.00. The number of nitrogens with two attached hydrogens (primary N) is 2. The molecule has 0 unspecified atom stereocenters. The number of ether oxygens (including phenoxy) is 1. The Hall–Kier alpha value is -3.10. The van der Waals surface area contributed by atoms with Crippen LogP contribution in [0, 0.1) is 25.7 Å². The molecule has 1 aliphatic heterocycles. The van der Waals surface area contributed by atoms with E-state index in [1.807, 2.05) is 19.9 Å². The lowest BCUT2D eigenvalue weighted by atomic mass is 9.94. The van der Waals surface area contributed by atoms with Crippen molar-refractivity contribution in [1.82, 2.24) is 15.2 Å². The number of nitrogens with one attached hydrogen (secondary N) is 1. The number of benzene rings is 1. The van der Waals surface area contributed by atoms with Gasteiger partial charge in [-0.15, -0.1) is 0 Å². The van der Waals surface area contributed by atoms with E-state index in [2.05, 4.69) is 68.3 Å². The standard InChI is InChI=1S/C31H50N6O2/c1-9-37(33)28(17-21(3)4)20-22(5)25(8)34-30(35-32)27-18-23(6)29(24(7)19-27)13-16-36-14-11-26(12-15-36)31(38)39-10-2/h18-21,26H,5,8-17,32-33H2,1-4,6-7H3,(H,34,35)/b28-20-. The molecule has 0 bridgehead atoms. The van der Waals surface area contributed by atoms with E-state index >= 15 is 0 Å². The van der Waals surface area contributed by atoms with Gasteiger partial charge in [0.1, 0.15) is 0 Å². The van der Waals surface area contributed by atoms with Crippen LogP contribution >= 0.6 is 0 Å². The number of nitrogens with zero attached hydrogens (tertiary/aromatic N) is 3. The first-order chi connectivity index (χ1) is 18.5. The molecule has 0 saturated carbocycles. The number of likely N-dealkylation sites (tertiary alicyclic amines) is 1. The highest BCUT2D eigenvalue weighted by Gasteiger charge is 2.26. The lowest BCUT2D eigenvalue weighted by Gasteiger charge is -2.31. The second-order valence-electron chi connectivity index (χ2n) is 10.8. The number of allylic oxidation sites excluding steroid dienone is 2. The Morgan fingerprint density at radius 2 is 1.85 bits per heavy atom. The van der Waals surface area contributed by atoms with Crippen LogP contribution in [-0.2, 0) is 16.0 Å². The SMILES string of the molecule is C=C(/C=C(/CC(C)C)N(N)CC)C(=C)N/C(=N\N)c1cc(C)c(CCN2CCC(C(=O)OCC)CC2)c(C)c1. The van der Waals surface area contributed by atoms with Crippen LogP contribution in [0.5, 0.6) is 0 Å². The Kier molecular flexibility index (Phi) is 12.7. The first-order valence-electron chi connectivity index (χ1n) is 14.2. The Morgan fingerprint density at radius 3 is 2.36 bits per heavy atom. The molecule has 1 fully saturated rings. The van der Waals surface area contributed by atoms with Gasteiger partial charge < -0.3 is 25.8 Å². The van der Waals surface area contributed by atoms with Crippen LogP contribution in [0.1, 0.15) is 69.2 Å². The summed E-state index contributed by atoms with van der Waals surface area (Å²) in [6.45, 7) is 24.8. The van der Waals surface area contributed by atoms with Crippen LogP contribution in [0.4, 0.5) is 0 Å². The summed E-state index contributed by atoms with van der Waals surface area (Å²) in [5.41, 5.74) is 6.98. The second kappa shape index (κ2) is 15.5. The fraction of sp³-hybridized carbons (Fsp3) is 0.548. The van der Waals surface area contributed by atoms with Crippen LogP contribution in [0.3, 0.4) is 0 Å². The zero-order valence-electron chi connectivity index (χ0n) is 25.0. The number of piperidine rings is 1. The minimum absolute atomic E-state index is 0.0365. The molecule has 0 aliphatic carbocycles. The van der Waals surface area contributed by atoms with Crippen molar-refractivity contribution in [3.8, 4) is 0 Å². The average Bonchev–Trinajstić information content (AvgIpc) is 2.90. The fourth-order valence-corrected chi connectivity index (χ4v) is 5.02. The molecule has 1 saturated heterocycles. The third-order valence-corrected chi connectivity index (χ3v) is 7.31. The predicted octanol–water partition coefficient (Wildman–Crippen LogP) is 4.53. The number of esters is 1. The van der Waals surface area contributed by atoms with Gasteiger partial charge in [0.25, 0.3) is 0 Å². The second-order valence-corrected chi connectivity index (χ2v) is 10.8. The van der Waals surface area contributed by atoms with Gasteiger partial charge in [0.05, 0.1) is 12.5 Å². The molecule has 0 amide bonds. The van der Waals surface area contributed by atoms with Gasteiger partial charge in [0.15, 0.2) is 5.84 Å². The predicted molar refractivity (Wildman–Crippen MR) is 162 cm³/mol. The normalized spacial score (nSPS) is 15.4.